The van der Waals surface area contributed by atoms with Crippen LogP contribution in [0.3, 0.4) is 0 Å². The van der Waals surface area contributed by atoms with Crippen LogP contribution >= 0.6 is 15.9 Å². The molecule has 3 aliphatic rings. The van der Waals surface area contributed by atoms with Crippen LogP contribution in [0, 0.1) is 11.8 Å². The summed E-state index contributed by atoms with van der Waals surface area (Å²) in [7, 11) is 0. The predicted molar refractivity (Wildman–Crippen MR) is 115 cm³/mol. The molecule has 1 spiro atoms. The van der Waals surface area contributed by atoms with Crippen molar-refractivity contribution >= 4 is 33.7 Å². The molecule has 2 bridgehead atoms. The zero-order valence-corrected chi connectivity index (χ0v) is 19.6. The van der Waals surface area contributed by atoms with Crippen LogP contribution in [-0.4, -0.2) is 76.0 Å². The number of rotatable bonds is 10. The van der Waals surface area contributed by atoms with Crippen molar-refractivity contribution < 1.29 is 24.2 Å². The van der Waals surface area contributed by atoms with Gasteiger partial charge in [-0.3, -0.25) is 14.4 Å². The summed E-state index contributed by atoms with van der Waals surface area (Å²) < 4.78 is 6.38. The molecular formula is C21H34BrN3O5. The van der Waals surface area contributed by atoms with E-state index in [0.717, 1.165) is 19.3 Å². The van der Waals surface area contributed by atoms with Gasteiger partial charge in [-0.15, -0.1) is 0 Å². The molecule has 3 amide bonds. The highest BCUT2D eigenvalue weighted by Gasteiger charge is 2.76. The van der Waals surface area contributed by atoms with Gasteiger partial charge in [0.25, 0.3) is 0 Å². The second kappa shape index (κ2) is 9.53. The van der Waals surface area contributed by atoms with E-state index in [9.17, 15) is 19.5 Å². The minimum absolute atomic E-state index is 0.112. The Morgan fingerprint density at radius 2 is 1.93 bits per heavy atom. The Kier molecular flexibility index (Phi) is 7.45. The largest absolute Gasteiger partial charge is 0.394 e. The number of unbranched alkanes of at least 4 members (excludes halogenated alkanes) is 1. The predicted octanol–water partition coefficient (Wildman–Crippen LogP) is 0.948. The van der Waals surface area contributed by atoms with Gasteiger partial charge in [-0.05, 0) is 25.7 Å². The maximum Gasteiger partial charge on any atom is 0.245 e. The van der Waals surface area contributed by atoms with Gasteiger partial charge in [-0.1, -0.05) is 43.1 Å². The lowest BCUT2D eigenvalue weighted by molar-refractivity contribution is -0.145. The zero-order valence-electron chi connectivity index (χ0n) is 18.0. The molecule has 0 radical (unpaired) electrons. The van der Waals surface area contributed by atoms with E-state index in [1.165, 1.54) is 4.90 Å². The van der Waals surface area contributed by atoms with Crippen LogP contribution in [0.1, 0.15) is 52.9 Å². The van der Waals surface area contributed by atoms with Crippen molar-refractivity contribution in [3.05, 3.63) is 0 Å². The molecule has 0 saturated carbocycles. The molecule has 0 aromatic heterocycles. The van der Waals surface area contributed by atoms with E-state index >= 15 is 0 Å². The molecule has 3 aliphatic heterocycles. The molecule has 9 heteroatoms. The van der Waals surface area contributed by atoms with Gasteiger partial charge < -0.3 is 25.4 Å². The van der Waals surface area contributed by atoms with E-state index in [-0.39, 0.29) is 29.2 Å². The van der Waals surface area contributed by atoms with Gasteiger partial charge in [0, 0.05) is 17.9 Å². The van der Waals surface area contributed by atoms with Crippen LogP contribution in [0.2, 0.25) is 0 Å². The maximum atomic E-state index is 13.6. The number of aliphatic hydroxyl groups excluding tert-OH is 1. The van der Waals surface area contributed by atoms with Crippen LogP contribution in [-0.2, 0) is 19.1 Å². The highest BCUT2D eigenvalue weighted by atomic mass is 79.9. The smallest absolute Gasteiger partial charge is 0.245 e. The number of aliphatic hydroxyl groups is 1. The van der Waals surface area contributed by atoms with E-state index < -0.39 is 35.6 Å². The number of alkyl halides is 1. The topological polar surface area (TPSA) is 108 Å². The lowest BCUT2D eigenvalue weighted by atomic mass is 9.70. The van der Waals surface area contributed by atoms with Gasteiger partial charge in [-0.25, -0.2) is 0 Å². The van der Waals surface area contributed by atoms with E-state index in [2.05, 4.69) is 26.6 Å². The Morgan fingerprint density at radius 3 is 2.53 bits per heavy atom. The third kappa shape index (κ3) is 3.66. The Morgan fingerprint density at radius 1 is 1.23 bits per heavy atom. The van der Waals surface area contributed by atoms with Crippen molar-refractivity contribution in [1.29, 1.82) is 0 Å². The summed E-state index contributed by atoms with van der Waals surface area (Å²) in [6, 6.07) is -1.34. The number of nitrogens with one attached hydrogen (secondary N) is 2. The minimum atomic E-state index is -1.05. The van der Waals surface area contributed by atoms with Crippen molar-refractivity contribution in [2.75, 3.05) is 19.7 Å². The number of halogens is 1. The molecular weight excluding hydrogens is 454 g/mol. The van der Waals surface area contributed by atoms with Crippen LogP contribution in [0.4, 0.5) is 0 Å². The number of ether oxygens (including phenoxy) is 1. The van der Waals surface area contributed by atoms with Crippen molar-refractivity contribution in [1.82, 2.24) is 15.5 Å². The lowest BCUT2D eigenvalue weighted by Crippen LogP contribution is -2.58. The summed E-state index contributed by atoms with van der Waals surface area (Å²) in [6.45, 7) is 6.70. The van der Waals surface area contributed by atoms with Gasteiger partial charge >= 0.3 is 0 Å². The molecule has 0 aromatic rings. The van der Waals surface area contributed by atoms with Crippen LogP contribution in [0.25, 0.3) is 0 Å². The molecule has 3 N–H and O–H groups in total. The summed E-state index contributed by atoms with van der Waals surface area (Å²) in [5, 5.41) is 15.8. The first kappa shape index (κ1) is 23.5. The Balaban J connectivity index is 1.99. The first-order valence-electron chi connectivity index (χ1n) is 11.2. The maximum absolute atomic E-state index is 13.6. The highest BCUT2D eigenvalue weighted by molar-refractivity contribution is 9.09. The number of likely N-dealkylation sites (tertiary alicyclic amines) is 1. The summed E-state index contributed by atoms with van der Waals surface area (Å²) >= 11 is 3.64. The van der Waals surface area contributed by atoms with Crippen LogP contribution in [0.5, 0.6) is 0 Å². The second-order valence-electron chi connectivity index (χ2n) is 8.59. The zero-order chi connectivity index (χ0) is 22.1. The molecule has 30 heavy (non-hydrogen) atoms. The van der Waals surface area contributed by atoms with Gasteiger partial charge in [0.15, 0.2) is 0 Å². The van der Waals surface area contributed by atoms with Crippen molar-refractivity contribution in [2.24, 2.45) is 11.8 Å². The normalized spacial score (nSPS) is 35.4. The first-order chi connectivity index (χ1) is 14.4. The third-order valence-electron chi connectivity index (χ3n) is 6.73. The number of carbonyl (C=O) groups is 3. The quantitative estimate of drug-likeness (QED) is 0.314. The van der Waals surface area contributed by atoms with Crippen LogP contribution < -0.4 is 10.6 Å². The number of hydrogen-bond donors (Lipinski definition) is 3. The van der Waals surface area contributed by atoms with Crippen molar-refractivity contribution in [3.63, 3.8) is 0 Å². The van der Waals surface area contributed by atoms with E-state index in [1.807, 2.05) is 20.8 Å². The number of amides is 3. The van der Waals surface area contributed by atoms with Gasteiger partial charge in [0.05, 0.1) is 30.6 Å². The fourth-order valence-corrected chi connectivity index (χ4v) is 6.27. The lowest BCUT2D eigenvalue weighted by Gasteiger charge is -2.36. The molecule has 0 aromatic carbocycles. The Labute approximate surface area is 186 Å². The summed E-state index contributed by atoms with van der Waals surface area (Å²) in [5.41, 5.74) is -1.05. The SMILES string of the molecule is CCCCNC(=O)C1N([C@@H](CC)CO)C(=O)[C@@H]2[C@H](C(=O)NCCC)[C@H]3OC12CC3Br. The number of fused-ring (bicyclic) bond motifs is 1. The number of carbonyl (C=O) groups excluding carboxylic acids is 3. The van der Waals surface area contributed by atoms with Gasteiger partial charge in [0.2, 0.25) is 17.7 Å². The van der Waals surface area contributed by atoms with Gasteiger partial charge in [-0.2, -0.15) is 0 Å². The molecule has 0 aliphatic carbocycles. The number of nitrogens with zero attached hydrogens (tertiary/aromatic N) is 1. The fourth-order valence-electron chi connectivity index (χ4n) is 5.32. The molecule has 3 heterocycles. The monoisotopic (exact) mass is 487 g/mol. The Hall–Kier alpha value is -1.19. The summed E-state index contributed by atoms with van der Waals surface area (Å²) in [6.07, 6.45) is 3.12. The van der Waals surface area contributed by atoms with Crippen molar-refractivity contribution in [3.8, 4) is 0 Å². The molecule has 3 rings (SSSR count). The minimum Gasteiger partial charge on any atom is -0.394 e. The van der Waals surface area contributed by atoms with E-state index in [4.69, 9.17) is 4.74 Å². The first-order valence-corrected chi connectivity index (χ1v) is 12.1. The highest BCUT2D eigenvalue weighted by Crippen LogP contribution is 2.60. The van der Waals surface area contributed by atoms with Gasteiger partial charge in [0.1, 0.15) is 11.6 Å². The molecule has 3 saturated heterocycles. The summed E-state index contributed by atoms with van der Waals surface area (Å²) in [5.74, 6) is -2.08. The average Bonchev–Trinajstić information content (AvgIpc) is 3.31. The van der Waals surface area contributed by atoms with Crippen molar-refractivity contribution in [2.45, 2.75) is 81.5 Å². The Bertz CT molecular complexity index is 673. The standard InChI is InChI=1S/C21H34BrN3O5/c1-4-7-9-24-19(28)17-21-10-13(22)16(30-21)14(18(27)23-8-5-2)15(21)20(29)25(17)12(6-3)11-26/h12-17,26H,4-11H2,1-3H3,(H,23,27)(H,24,28)/t12-,13?,14-,15-,16-,17?,21?/m0/s1. The average molecular weight is 488 g/mol. The molecule has 170 valence electrons. The number of hydrogen-bond acceptors (Lipinski definition) is 5. The molecule has 3 unspecified atom stereocenters. The van der Waals surface area contributed by atoms with Crippen LogP contribution in [0.15, 0.2) is 0 Å². The molecule has 8 nitrogen and oxygen atoms in total. The van der Waals surface area contributed by atoms with E-state index in [0.29, 0.717) is 25.9 Å². The second-order valence-corrected chi connectivity index (χ2v) is 9.77. The third-order valence-corrected chi connectivity index (χ3v) is 7.58. The summed E-state index contributed by atoms with van der Waals surface area (Å²) in [4.78, 5) is 41.3. The molecule has 7 atom stereocenters. The van der Waals surface area contributed by atoms with E-state index in [1.54, 1.807) is 0 Å². The fraction of sp³-hybridized carbons (Fsp3) is 0.857. The molecule has 3 fully saturated rings.